The second kappa shape index (κ2) is 8.55. The summed E-state index contributed by atoms with van der Waals surface area (Å²) in [5.41, 5.74) is 0. The molecule has 0 aromatic rings. The van der Waals surface area contributed by atoms with Crippen molar-refractivity contribution in [3.8, 4) is 6.07 Å². The Labute approximate surface area is 75.5 Å². The van der Waals surface area contributed by atoms with Crippen LogP contribution in [0.3, 0.4) is 0 Å². The Morgan fingerprint density at radius 3 is 2.50 bits per heavy atom. The van der Waals surface area contributed by atoms with Gasteiger partial charge in [0.15, 0.2) is 0 Å². The van der Waals surface area contributed by atoms with E-state index in [2.05, 4.69) is 19.9 Å². The molecule has 0 amide bonds. The van der Waals surface area contributed by atoms with Gasteiger partial charge in [-0.25, -0.2) is 0 Å². The van der Waals surface area contributed by atoms with Gasteiger partial charge in [0.25, 0.3) is 0 Å². The third kappa shape index (κ3) is 6.18. The number of hydrogen-bond donors (Lipinski definition) is 0. The molecule has 0 bridgehead atoms. The van der Waals surface area contributed by atoms with Gasteiger partial charge in [0, 0.05) is 6.61 Å². The summed E-state index contributed by atoms with van der Waals surface area (Å²) in [5, 5.41) is 8.64. The van der Waals surface area contributed by atoms with Crippen LogP contribution in [0.15, 0.2) is 0 Å². The van der Waals surface area contributed by atoms with Crippen LogP contribution in [0.25, 0.3) is 0 Å². The minimum Gasteiger partial charge on any atom is -0.363 e. The first kappa shape index (κ1) is 11.4. The van der Waals surface area contributed by atoms with E-state index in [4.69, 9.17) is 10.00 Å². The molecule has 0 spiro atoms. The Hall–Kier alpha value is -0.550. The predicted octanol–water partition coefficient (Wildman–Crippen LogP) is 2.89. The summed E-state index contributed by atoms with van der Waals surface area (Å²) in [5.74, 6) is 0. The van der Waals surface area contributed by atoms with E-state index in [1.807, 2.05) is 0 Å². The maximum atomic E-state index is 8.64. The van der Waals surface area contributed by atoms with E-state index in [1.165, 1.54) is 12.8 Å². The maximum Gasteiger partial charge on any atom is 0.143 e. The fourth-order valence-electron chi connectivity index (χ4n) is 1.02. The van der Waals surface area contributed by atoms with Crippen LogP contribution < -0.4 is 0 Å². The Morgan fingerprint density at radius 2 is 2.00 bits per heavy atom. The molecule has 0 rings (SSSR count). The molecule has 1 unspecified atom stereocenters. The molecule has 0 saturated heterocycles. The van der Waals surface area contributed by atoms with E-state index in [0.29, 0.717) is 0 Å². The fraction of sp³-hybridized carbons (Fsp3) is 0.900. The van der Waals surface area contributed by atoms with Crippen molar-refractivity contribution < 1.29 is 4.74 Å². The molecular formula is C10H19NO. The zero-order valence-corrected chi connectivity index (χ0v) is 8.18. The van der Waals surface area contributed by atoms with Crippen molar-refractivity contribution in [3.05, 3.63) is 0 Å². The quantitative estimate of drug-likeness (QED) is 0.549. The summed E-state index contributed by atoms with van der Waals surface area (Å²) >= 11 is 0. The maximum absolute atomic E-state index is 8.64. The smallest absolute Gasteiger partial charge is 0.143 e. The molecule has 0 N–H and O–H groups in total. The van der Waals surface area contributed by atoms with E-state index in [0.717, 1.165) is 25.9 Å². The highest BCUT2D eigenvalue weighted by Gasteiger charge is 2.04. The van der Waals surface area contributed by atoms with Crippen LogP contribution in [-0.2, 0) is 4.74 Å². The third-order valence-corrected chi connectivity index (χ3v) is 1.76. The van der Waals surface area contributed by atoms with E-state index >= 15 is 0 Å². The van der Waals surface area contributed by atoms with Gasteiger partial charge < -0.3 is 4.74 Å². The van der Waals surface area contributed by atoms with Gasteiger partial charge in [-0.2, -0.15) is 5.26 Å². The molecule has 0 aromatic carbocycles. The standard InChI is InChI=1S/C10H19NO/c1-3-5-6-8-12-10(9-11)7-4-2/h10H,3-8H2,1-2H3. The van der Waals surface area contributed by atoms with Crippen LogP contribution in [0, 0.1) is 11.3 Å². The SMILES string of the molecule is CCCCCOC(C#N)CCC. The second-order valence-corrected chi connectivity index (χ2v) is 2.98. The molecule has 0 aliphatic heterocycles. The molecule has 0 aliphatic rings. The summed E-state index contributed by atoms with van der Waals surface area (Å²) in [4.78, 5) is 0. The normalized spacial score (nSPS) is 12.4. The van der Waals surface area contributed by atoms with Gasteiger partial charge >= 0.3 is 0 Å². The van der Waals surface area contributed by atoms with Crippen molar-refractivity contribution >= 4 is 0 Å². The molecule has 2 heteroatoms. The van der Waals surface area contributed by atoms with Crippen molar-refractivity contribution in [1.82, 2.24) is 0 Å². The largest absolute Gasteiger partial charge is 0.363 e. The Kier molecular flexibility index (Phi) is 8.15. The predicted molar refractivity (Wildman–Crippen MR) is 49.8 cm³/mol. The highest BCUT2D eigenvalue weighted by Crippen LogP contribution is 2.02. The van der Waals surface area contributed by atoms with Crippen LogP contribution in [-0.4, -0.2) is 12.7 Å². The minimum absolute atomic E-state index is 0.174. The van der Waals surface area contributed by atoms with E-state index in [9.17, 15) is 0 Å². The van der Waals surface area contributed by atoms with Gasteiger partial charge in [-0.05, 0) is 12.8 Å². The number of nitriles is 1. The number of rotatable bonds is 7. The molecule has 0 radical (unpaired) electrons. The van der Waals surface area contributed by atoms with Crippen molar-refractivity contribution in [3.63, 3.8) is 0 Å². The van der Waals surface area contributed by atoms with Crippen LogP contribution in [0.1, 0.15) is 46.0 Å². The molecule has 0 heterocycles. The molecular weight excluding hydrogens is 150 g/mol. The molecule has 0 aliphatic carbocycles. The van der Waals surface area contributed by atoms with Crippen molar-refractivity contribution in [2.75, 3.05) is 6.61 Å². The van der Waals surface area contributed by atoms with Gasteiger partial charge in [0.2, 0.25) is 0 Å². The van der Waals surface area contributed by atoms with E-state index in [-0.39, 0.29) is 6.10 Å². The van der Waals surface area contributed by atoms with Gasteiger partial charge in [-0.15, -0.1) is 0 Å². The summed E-state index contributed by atoms with van der Waals surface area (Å²) in [6.45, 7) is 4.97. The van der Waals surface area contributed by atoms with Crippen molar-refractivity contribution in [2.45, 2.75) is 52.1 Å². The zero-order chi connectivity index (χ0) is 9.23. The summed E-state index contributed by atoms with van der Waals surface area (Å²) in [6.07, 6.45) is 5.19. The first-order valence-corrected chi connectivity index (χ1v) is 4.86. The monoisotopic (exact) mass is 169 g/mol. The average molecular weight is 169 g/mol. The van der Waals surface area contributed by atoms with Crippen LogP contribution in [0.5, 0.6) is 0 Å². The minimum atomic E-state index is -0.174. The lowest BCUT2D eigenvalue weighted by molar-refractivity contribution is 0.0809. The van der Waals surface area contributed by atoms with Crippen LogP contribution >= 0.6 is 0 Å². The molecule has 12 heavy (non-hydrogen) atoms. The Bertz CT molecular complexity index is 128. The van der Waals surface area contributed by atoms with Gasteiger partial charge in [-0.1, -0.05) is 33.1 Å². The number of nitrogens with zero attached hydrogens (tertiary/aromatic N) is 1. The molecule has 0 saturated carbocycles. The van der Waals surface area contributed by atoms with Crippen LogP contribution in [0.2, 0.25) is 0 Å². The molecule has 1 atom stereocenters. The van der Waals surface area contributed by atoms with Crippen molar-refractivity contribution in [1.29, 1.82) is 5.26 Å². The van der Waals surface area contributed by atoms with Gasteiger partial charge in [-0.3, -0.25) is 0 Å². The summed E-state index contributed by atoms with van der Waals surface area (Å²) in [6, 6.07) is 2.16. The first-order valence-electron chi connectivity index (χ1n) is 4.86. The highest BCUT2D eigenvalue weighted by atomic mass is 16.5. The lowest BCUT2D eigenvalue weighted by Gasteiger charge is -2.08. The molecule has 0 fully saturated rings. The second-order valence-electron chi connectivity index (χ2n) is 2.98. The van der Waals surface area contributed by atoms with Gasteiger partial charge in [0.1, 0.15) is 6.10 Å². The Balaban J connectivity index is 3.27. The van der Waals surface area contributed by atoms with Crippen LogP contribution in [0.4, 0.5) is 0 Å². The average Bonchev–Trinajstić information content (AvgIpc) is 2.10. The fourth-order valence-corrected chi connectivity index (χ4v) is 1.02. The summed E-state index contributed by atoms with van der Waals surface area (Å²) < 4.78 is 5.37. The third-order valence-electron chi connectivity index (χ3n) is 1.76. The van der Waals surface area contributed by atoms with E-state index < -0.39 is 0 Å². The number of unbranched alkanes of at least 4 members (excludes halogenated alkanes) is 2. The van der Waals surface area contributed by atoms with E-state index in [1.54, 1.807) is 0 Å². The Morgan fingerprint density at radius 1 is 1.25 bits per heavy atom. The number of hydrogen-bond acceptors (Lipinski definition) is 2. The summed E-state index contributed by atoms with van der Waals surface area (Å²) in [7, 11) is 0. The first-order chi connectivity index (χ1) is 5.85. The number of ether oxygens (including phenoxy) is 1. The highest BCUT2D eigenvalue weighted by molar-refractivity contribution is 4.83. The topological polar surface area (TPSA) is 33.0 Å². The molecule has 2 nitrogen and oxygen atoms in total. The molecule has 0 aromatic heterocycles. The molecule has 70 valence electrons. The zero-order valence-electron chi connectivity index (χ0n) is 8.18. The van der Waals surface area contributed by atoms with Gasteiger partial charge in [0.05, 0.1) is 6.07 Å². The van der Waals surface area contributed by atoms with Crippen molar-refractivity contribution in [2.24, 2.45) is 0 Å². The lowest BCUT2D eigenvalue weighted by atomic mass is 10.2. The lowest BCUT2D eigenvalue weighted by Crippen LogP contribution is -2.10.